The fourth-order valence-electron chi connectivity index (χ4n) is 0.731. The number of nitrogens with zero attached hydrogens (tertiary/aromatic N) is 1. The fraction of sp³-hybridized carbons (Fsp3) is 0.833. The average Bonchev–Trinajstić information content (AvgIpc) is 1.81. The van der Waals surface area contributed by atoms with E-state index in [-0.39, 0.29) is 11.9 Å². The maximum atomic E-state index is 10.7. The van der Waals surface area contributed by atoms with Gasteiger partial charge in [-0.2, -0.15) is 0 Å². The van der Waals surface area contributed by atoms with Gasteiger partial charge in [-0.05, 0) is 21.1 Å². The van der Waals surface area contributed by atoms with Crippen LogP contribution in [0.5, 0.6) is 0 Å². The Bertz CT molecular complexity index is 114. The molecule has 4 heteroatoms. The second-order valence-electron chi connectivity index (χ2n) is 2.44. The SMILES string of the molecule is CNCC(C(N)=O)N(C)C. The summed E-state index contributed by atoms with van der Waals surface area (Å²) in [6, 6.07) is -0.204. The van der Waals surface area contributed by atoms with Gasteiger partial charge in [0.2, 0.25) is 5.91 Å². The van der Waals surface area contributed by atoms with Crippen molar-refractivity contribution in [3.8, 4) is 0 Å². The van der Waals surface area contributed by atoms with Crippen LogP contribution in [0.2, 0.25) is 0 Å². The Morgan fingerprint density at radius 3 is 2.30 bits per heavy atom. The predicted molar refractivity (Wildman–Crippen MR) is 40.6 cm³/mol. The summed E-state index contributed by atoms with van der Waals surface area (Å²) < 4.78 is 0. The number of carbonyl (C=O) groups is 1. The van der Waals surface area contributed by atoms with Crippen molar-refractivity contribution < 1.29 is 4.79 Å². The predicted octanol–water partition coefficient (Wildman–Crippen LogP) is -1.38. The molecule has 1 atom stereocenters. The van der Waals surface area contributed by atoms with E-state index in [0.717, 1.165) is 0 Å². The Balaban J connectivity index is 3.85. The van der Waals surface area contributed by atoms with E-state index >= 15 is 0 Å². The Morgan fingerprint density at radius 1 is 1.70 bits per heavy atom. The number of likely N-dealkylation sites (N-methyl/N-ethyl adjacent to an activating group) is 2. The molecule has 0 rings (SSSR count). The number of carbonyl (C=O) groups excluding carboxylic acids is 1. The van der Waals surface area contributed by atoms with Crippen molar-refractivity contribution in [1.29, 1.82) is 0 Å². The molecule has 0 aromatic heterocycles. The standard InChI is InChI=1S/C6H15N3O/c1-8-4-5(6(7)10)9(2)3/h5,8H,4H2,1-3H3,(H2,7,10). The van der Waals surface area contributed by atoms with Crippen molar-refractivity contribution in [3.63, 3.8) is 0 Å². The first-order chi connectivity index (χ1) is 4.59. The molecule has 0 saturated heterocycles. The second-order valence-corrected chi connectivity index (χ2v) is 2.44. The molecule has 0 spiro atoms. The third-order valence-electron chi connectivity index (χ3n) is 1.35. The molecule has 0 aromatic rings. The lowest BCUT2D eigenvalue weighted by Gasteiger charge is -2.19. The Hall–Kier alpha value is -0.610. The molecule has 4 nitrogen and oxygen atoms in total. The topological polar surface area (TPSA) is 58.4 Å². The van der Waals surface area contributed by atoms with Gasteiger partial charge >= 0.3 is 0 Å². The van der Waals surface area contributed by atoms with Crippen LogP contribution in [0, 0.1) is 0 Å². The number of nitrogens with one attached hydrogen (secondary N) is 1. The lowest BCUT2D eigenvalue weighted by molar-refractivity contribution is -0.122. The summed E-state index contributed by atoms with van der Waals surface area (Å²) in [7, 11) is 5.44. The zero-order valence-corrected chi connectivity index (χ0v) is 6.72. The highest BCUT2D eigenvalue weighted by atomic mass is 16.1. The molecule has 1 amide bonds. The van der Waals surface area contributed by atoms with Crippen LogP contribution in [-0.4, -0.2) is 44.5 Å². The normalized spacial score (nSPS) is 13.6. The Kier molecular flexibility index (Phi) is 3.99. The molecule has 60 valence electrons. The lowest BCUT2D eigenvalue weighted by atomic mass is 10.2. The number of primary amides is 1. The van der Waals surface area contributed by atoms with Gasteiger partial charge in [-0.3, -0.25) is 9.69 Å². The van der Waals surface area contributed by atoms with Gasteiger partial charge in [-0.1, -0.05) is 0 Å². The van der Waals surface area contributed by atoms with Crippen LogP contribution in [-0.2, 0) is 4.79 Å². The first-order valence-corrected chi connectivity index (χ1v) is 3.20. The monoisotopic (exact) mass is 145 g/mol. The first kappa shape index (κ1) is 9.39. The Morgan fingerprint density at radius 2 is 2.20 bits per heavy atom. The van der Waals surface area contributed by atoms with E-state index in [0.29, 0.717) is 6.54 Å². The minimum atomic E-state index is -0.292. The number of nitrogens with two attached hydrogens (primary N) is 1. The van der Waals surface area contributed by atoms with Crippen molar-refractivity contribution >= 4 is 5.91 Å². The molecule has 0 aliphatic carbocycles. The highest BCUT2D eigenvalue weighted by Gasteiger charge is 2.15. The molecular formula is C6H15N3O. The highest BCUT2D eigenvalue weighted by Crippen LogP contribution is 1.88. The average molecular weight is 145 g/mol. The first-order valence-electron chi connectivity index (χ1n) is 3.20. The third kappa shape index (κ3) is 2.80. The molecule has 0 bridgehead atoms. The number of hydrogen-bond acceptors (Lipinski definition) is 3. The molecule has 0 aliphatic rings. The molecule has 0 aliphatic heterocycles. The van der Waals surface area contributed by atoms with Crippen molar-refractivity contribution in [2.24, 2.45) is 5.73 Å². The fourth-order valence-corrected chi connectivity index (χ4v) is 0.731. The van der Waals surface area contributed by atoms with Crippen molar-refractivity contribution in [1.82, 2.24) is 10.2 Å². The van der Waals surface area contributed by atoms with Crippen molar-refractivity contribution in [3.05, 3.63) is 0 Å². The van der Waals surface area contributed by atoms with E-state index in [1.54, 1.807) is 11.9 Å². The van der Waals surface area contributed by atoms with E-state index in [1.165, 1.54) is 0 Å². The molecule has 0 heterocycles. The molecule has 0 saturated carbocycles. The van der Waals surface area contributed by atoms with E-state index in [2.05, 4.69) is 5.32 Å². The minimum absolute atomic E-state index is 0.204. The van der Waals surface area contributed by atoms with Crippen LogP contribution in [0.1, 0.15) is 0 Å². The maximum Gasteiger partial charge on any atom is 0.236 e. The van der Waals surface area contributed by atoms with Gasteiger partial charge in [0.25, 0.3) is 0 Å². The van der Waals surface area contributed by atoms with Gasteiger partial charge in [0.1, 0.15) is 6.04 Å². The third-order valence-corrected chi connectivity index (χ3v) is 1.35. The Labute approximate surface area is 61.4 Å². The van der Waals surface area contributed by atoms with E-state index in [4.69, 9.17) is 5.73 Å². The minimum Gasteiger partial charge on any atom is -0.368 e. The molecule has 0 fully saturated rings. The molecule has 0 radical (unpaired) electrons. The largest absolute Gasteiger partial charge is 0.368 e. The van der Waals surface area contributed by atoms with Gasteiger partial charge in [0.15, 0.2) is 0 Å². The number of rotatable bonds is 4. The summed E-state index contributed by atoms with van der Waals surface area (Å²) in [5.41, 5.74) is 5.10. The van der Waals surface area contributed by atoms with Crippen LogP contribution in [0.3, 0.4) is 0 Å². The zero-order valence-electron chi connectivity index (χ0n) is 6.72. The summed E-state index contributed by atoms with van der Waals surface area (Å²) >= 11 is 0. The quantitative estimate of drug-likeness (QED) is 0.512. The van der Waals surface area contributed by atoms with Crippen molar-refractivity contribution in [2.75, 3.05) is 27.7 Å². The van der Waals surface area contributed by atoms with E-state index < -0.39 is 0 Å². The summed E-state index contributed by atoms with van der Waals surface area (Å²) in [6.45, 7) is 0.600. The van der Waals surface area contributed by atoms with Gasteiger partial charge in [-0.25, -0.2) is 0 Å². The summed E-state index contributed by atoms with van der Waals surface area (Å²) in [4.78, 5) is 12.5. The summed E-state index contributed by atoms with van der Waals surface area (Å²) in [5, 5.41) is 2.89. The number of amides is 1. The van der Waals surface area contributed by atoms with Crippen LogP contribution in [0.4, 0.5) is 0 Å². The molecule has 3 N–H and O–H groups in total. The molecule has 0 aromatic carbocycles. The van der Waals surface area contributed by atoms with Crippen molar-refractivity contribution in [2.45, 2.75) is 6.04 Å². The van der Waals surface area contributed by atoms with E-state index in [9.17, 15) is 4.79 Å². The van der Waals surface area contributed by atoms with Gasteiger partial charge in [0, 0.05) is 6.54 Å². The lowest BCUT2D eigenvalue weighted by Crippen LogP contribution is -2.46. The van der Waals surface area contributed by atoms with Crippen LogP contribution < -0.4 is 11.1 Å². The maximum absolute atomic E-state index is 10.7. The van der Waals surface area contributed by atoms with Gasteiger partial charge in [-0.15, -0.1) is 0 Å². The zero-order chi connectivity index (χ0) is 8.15. The van der Waals surface area contributed by atoms with Crippen LogP contribution >= 0.6 is 0 Å². The van der Waals surface area contributed by atoms with E-state index in [1.807, 2.05) is 14.1 Å². The molecular weight excluding hydrogens is 130 g/mol. The summed E-state index contributed by atoms with van der Waals surface area (Å²) in [5.74, 6) is -0.292. The van der Waals surface area contributed by atoms with Crippen LogP contribution in [0.25, 0.3) is 0 Å². The molecule has 1 unspecified atom stereocenters. The van der Waals surface area contributed by atoms with Gasteiger partial charge < -0.3 is 11.1 Å². The van der Waals surface area contributed by atoms with Gasteiger partial charge in [0.05, 0.1) is 0 Å². The highest BCUT2D eigenvalue weighted by molar-refractivity contribution is 5.80. The second kappa shape index (κ2) is 4.24. The number of hydrogen-bond donors (Lipinski definition) is 2. The molecule has 10 heavy (non-hydrogen) atoms. The smallest absolute Gasteiger partial charge is 0.236 e. The van der Waals surface area contributed by atoms with Crippen LogP contribution in [0.15, 0.2) is 0 Å². The summed E-state index contributed by atoms with van der Waals surface area (Å²) in [6.07, 6.45) is 0.